The van der Waals surface area contributed by atoms with Gasteiger partial charge in [-0.15, -0.1) is 11.3 Å². The van der Waals surface area contributed by atoms with E-state index in [1.54, 1.807) is 0 Å². The predicted octanol–water partition coefficient (Wildman–Crippen LogP) is 2.00. The average Bonchev–Trinajstić information content (AvgIpc) is 2.66. The van der Waals surface area contributed by atoms with Crippen LogP contribution in [0.5, 0.6) is 0 Å². The molecule has 0 aromatic carbocycles. The first-order valence-electron chi connectivity index (χ1n) is 4.17. The Morgan fingerprint density at radius 2 is 1.84 bits per heavy atom. The van der Waals surface area contributed by atoms with Crippen LogP contribution in [0.2, 0.25) is 0 Å². The zero-order chi connectivity index (χ0) is 14.1. The first-order chi connectivity index (χ1) is 8.05. The summed E-state index contributed by atoms with van der Waals surface area (Å²) in [6, 6.07) is 2.43. The van der Waals surface area contributed by atoms with E-state index in [9.17, 15) is 31.2 Å². The number of ketones is 2. The predicted molar refractivity (Wildman–Crippen MR) is 58.3 cm³/mol. The van der Waals surface area contributed by atoms with Gasteiger partial charge in [0.2, 0.25) is 5.25 Å². The Hall–Kier alpha value is 0.654. The van der Waals surface area contributed by atoms with E-state index in [1.165, 1.54) is 11.4 Å². The molecule has 1 heterocycles. The average molecular weight is 473 g/mol. The number of carbonyl (C=O) groups excluding carboxylic acids is 2. The molecule has 107 valence electrons. The number of alkyl halides is 3. The molecule has 0 N–H and O–H groups in total. The summed E-state index contributed by atoms with van der Waals surface area (Å²) in [6.07, 6.45) is -5.46. The van der Waals surface area contributed by atoms with Gasteiger partial charge in [0.15, 0.2) is 5.78 Å². The number of carbonyl (C=O) groups is 2. The molecule has 0 spiro atoms. The Balaban J connectivity index is 0.00000324. The molecule has 1 radical (unpaired) electrons. The number of halogens is 4. The van der Waals surface area contributed by atoms with Crippen molar-refractivity contribution in [2.24, 2.45) is 0 Å². The minimum absolute atomic E-state index is 0. The largest absolute Gasteiger partial charge is 0.451 e. The van der Waals surface area contributed by atoms with Crippen LogP contribution in [0, 0.1) is 49.4 Å². The maximum absolute atomic E-state index is 12.2. The molecule has 1 atom stereocenters. The van der Waals surface area contributed by atoms with Crippen LogP contribution in [0.15, 0.2) is 17.5 Å². The van der Waals surface area contributed by atoms with Crippen LogP contribution >= 0.6 is 22.0 Å². The SMILES string of the molecule is O=C(c1cccs1)C(C(=O)C(F)(F)F)S(=O)(=O)Cl.[Eu]. The molecule has 0 saturated carbocycles. The van der Waals surface area contributed by atoms with Crippen molar-refractivity contribution in [1.29, 1.82) is 0 Å². The van der Waals surface area contributed by atoms with Crippen LogP contribution in [0.25, 0.3) is 0 Å². The molecule has 0 saturated heterocycles. The third-order valence-corrected chi connectivity index (χ3v) is 4.21. The minimum atomic E-state index is -5.46. The fraction of sp³-hybridized carbons (Fsp3) is 0.250. The Kier molecular flexibility index (Phi) is 7.33. The van der Waals surface area contributed by atoms with Gasteiger partial charge < -0.3 is 0 Å². The number of hydrogen-bond donors (Lipinski definition) is 0. The normalized spacial score (nSPS) is 13.5. The van der Waals surface area contributed by atoms with Gasteiger partial charge in [-0.05, 0) is 11.4 Å². The van der Waals surface area contributed by atoms with E-state index in [0.29, 0.717) is 11.3 Å². The zero-order valence-corrected chi connectivity index (χ0v) is 13.5. The van der Waals surface area contributed by atoms with Crippen molar-refractivity contribution in [2.45, 2.75) is 11.4 Å². The summed E-state index contributed by atoms with van der Waals surface area (Å²) in [7, 11) is -0.266. The second kappa shape index (κ2) is 7.08. The van der Waals surface area contributed by atoms with Crippen LogP contribution in [0.1, 0.15) is 9.67 Å². The van der Waals surface area contributed by atoms with Gasteiger partial charge in [-0.3, -0.25) is 9.59 Å². The number of thiophene rings is 1. The van der Waals surface area contributed by atoms with E-state index in [1.807, 2.05) is 0 Å². The Bertz CT molecular complexity index is 567. The first-order valence-corrected chi connectivity index (χ1v) is 7.42. The third kappa shape index (κ3) is 5.16. The van der Waals surface area contributed by atoms with E-state index >= 15 is 0 Å². The van der Waals surface area contributed by atoms with E-state index < -0.39 is 32.0 Å². The summed E-state index contributed by atoms with van der Waals surface area (Å²) in [4.78, 5) is 22.2. The van der Waals surface area contributed by atoms with E-state index in [0.717, 1.165) is 6.07 Å². The van der Waals surface area contributed by atoms with Crippen molar-refractivity contribution < 1.29 is 80.6 Å². The van der Waals surface area contributed by atoms with Crippen LogP contribution in [-0.2, 0) is 13.8 Å². The molecule has 11 heteroatoms. The zero-order valence-electron chi connectivity index (χ0n) is 8.65. The first kappa shape index (κ1) is 19.7. The number of rotatable bonds is 4. The monoisotopic (exact) mass is 473 g/mol. The van der Waals surface area contributed by atoms with Gasteiger partial charge in [0.1, 0.15) is 0 Å². The summed E-state index contributed by atoms with van der Waals surface area (Å²) in [5, 5.41) is -1.61. The molecule has 19 heavy (non-hydrogen) atoms. The van der Waals surface area contributed by atoms with Gasteiger partial charge in [0, 0.05) is 60.1 Å². The van der Waals surface area contributed by atoms with E-state index in [2.05, 4.69) is 0 Å². The summed E-state index contributed by atoms with van der Waals surface area (Å²) < 4.78 is 58.6. The Morgan fingerprint density at radius 1 is 1.32 bits per heavy atom. The van der Waals surface area contributed by atoms with Crippen LogP contribution < -0.4 is 0 Å². The third-order valence-electron chi connectivity index (χ3n) is 1.80. The van der Waals surface area contributed by atoms with Gasteiger partial charge in [0.05, 0.1) is 4.88 Å². The number of Topliss-reactive ketones (excluding diaryl/α,β-unsaturated/α-hetero) is 2. The molecule has 1 aromatic heterocycles. The molecule has 0 aliphatic carbocycles. The van der Waals surface area contributed by atoms with Gasteiger partial charge in [-0.2, -0.15) is 13.2 Å². The molecule has 0 amide bonds. The van der Waals surface area contributed by atoms with E-state index in [-0.39, 0.29) is 54.3 Å². The van der Waals surface area contributed by atoms with Crippen molar-refractivity contribution >= 4 is 42.6 Å². The van der Waals surface area contributed by atoms with E-state index in [4.69, 9.17) is 10.7 Å². The quantitative estimate of drug-likeness (QED) is 0.382. The standard InChI is InChI=1S/C8H4ClF3O4S2.Eu/c9-18(15,16)6(7(14)8(10,11)12)5(13)4-2-1-3-17-4;/h1-3,6H;. The van der Waals surface area contributed by atoms with Gasteiger partial charge in [-0.1, -0.05) is 6.07 Å². The second-order valence-corrected chi connectivity index (χ2v) is 6.72. The second-order valence-electron chi connectivity index (χ2n) is 3.06. The Labute approximate surface area is 155 Å². The molecule has 1 unspecified atom stereocenters. The molecule has 1 aromatic rings. The smallest absolute Gasteiger partial charge is 0.291 e. The molecule has 0 bridgehead atoms. The van der Waals surface area contributed by atoms with Crippen molar-refractivity contribution in [2.75, 3.05) is 0 Å². The van der Waals surface area contributed by atoms with Crippen molar-refractivity contribution in [3.8, 4) is 0 Å². The molecule has 1 rings (SSSR count). The molecule has 4 nitrogen and oxygen atoms in total. The molecule has 0 fully saturated rings. The van der Waals surface area contributed by atoms with Crippen molar-refractivity contribution in [3.63, 3.8) is 0 Å². The molecular weight excluding hydrogens is 469 g/mol. The summed E-state index contributed by atoms with van der Waals surface area (Å²) in [5.41, 5.74) is 0. The molecule has 0 aliphatic rings. The number of hydrogen-bond acceptors (Lipinski definition) is 5. The maximum atomic E-state index is 12.2. The van der Waals surface area contributed by atoms with Gasteiger partial charge in [-0.25, -0.2) is 8.42 Å². The fourth-order valence-corrected chi connectivity index (χ4v) is 3.10. The summed E-state index contributed by atoms with van der Waals surface area (Å²) in [5.74, 6) is -4.18. The Morgan fingerprint density at radius 3 is 2.16 bits per heavy atom. The van der Waals surface area contributed by atoms with Crippen LogP contribution in [-0.4, -0.2) is 31.4 Å². The van der Waals surface area contributed by atoms with Crippen molar-refractivity contribution in [3.05, 3.63) is 22.4 Å². The fourth-order valence-electron chi connectivity index (χ4n) is 1.07. The topological polar surface area (TPSA) is 68.3 Å². The van der Waals surface area contributed by atoms with Crippen LogP contribution in [0.3, 0.4) is 0 Å². The summed E-state index contributed by atoms with van der Waals surface area (Å²) >= 11 is 0.711. The minimum Gasteiger partial charge on any atom is -0.291 e. The van der Waals surface area contributed by atoms with Gasteiger partial charge in [0.25, 0.3) is 14.8 Å². The van der Waals surface area contributed by atoms with Crippen molar-refractivity contribution in [1.82, 2.24) is 0 Å². The maximum Gasteiger partial charge on any atom is 0.451 e. The van der Waals surface area contributed by atoms with Crippen LogP contribution in [0.4, 0.5) is 13.2 Å². The summed E-state index contributed by atoms with van der Waals surface area (Å²) in [6.45, 7) is 0. The molecular formula is C8H4ClEuF3O4S2. The van der Waals surface area contributed by atoms with Gasteiger partial charge >= 0.3 is 6.18 Å². The molecule has 0 aliphatic heterocycles.